The second-order valence-corrected chi connectivity index (χ2v) is 7.87. The van der Waals surface area contributed by atoms with Crippen molar-refractivity contribution in [2.75, 3.05) is 19.6 Å². The Hall–Kier alpha value is -1.86. The number of benzene rings is 1. The van der Waals surface area contributed by atoms with Crippen molar-refractivity contribution in [2.45, 2.75) is 78.5 Å². The van der Waals surface area contributed by atoms with E-state index >= 15 is 0 Å². The SMILES string of the molecule is C=C(C)CN1CCC(C#N)(c2ccc(OC(C)F)c(CCC)c2)CC1.CCC. The average Bonchev–Trinajstić information content (AvgIpc) is 2.64. The quantitative estimate of drug-likeness (QED) is 0.523. The van der Waals surface area contributed by atoms with E-state index < -0.39 is 11.8 Å². The van der Waals surface area contributed by atoms with Gasteiger partial charge in [0.25, 0.3) is 0 Å². The molecule has 1 aromatic rings. The summed E-state index contributed by atoms with van der Waals surface area (Å²) in [5, 5.41) is 9.92. The van der Waals surface area contributed by atoms with E-state index in [4.69, 9.17) is 4.74 Å². The molecule has 0 radical (unpaired) electrons. The van der Waals surface area contributed by atoms with Crippen LogP contribution in [-0.2, 0) is 11.8 Å². The van der Waals surface area contributed by atoms with Crippen LogP contribution >= 0.6 is 0 Å². The van der Waals surface area contributed by atoms with Gasteiger partial charge in [-0.25, -0.2) is 4.39 Å². The molecule has 1 aromatic carbocycles. The van der Waals surface area contributed by atoms with E-state index in [-0.39, 0.29) is 0 Å². The van der Waals surface area contributed by atoms with Gasteiger partial charge in [0.05, 0.1) is 11.5 Å². The lowest BCUT2D eigenvalue weighted by molar-refractivity contribution is 0.0848. The zero-order chi connectivity index (χ0) is 21.2. The van der Waals surface area contributed by atoms with Crippen LogP contribution in [0, 0.1) is 11.3 Å². The highest BCUT2D eigenvalue weighted by Crippen LogP contribution is 2.37. The molecule has 0 N–H and O–H groups in total. The minimum Gasteiger partial charge on any atom is -0.460 e. The Kier molecular flexibility index (Phi) is 10.2. The third kappa shape index (κ3) is 6.95. The number of piperidine rings is 1. The van der Waals surface area contributed by atoms with Crippen molar-refractivity contribution in [1.82, 2.24) is 4.90 Å². The van der Waals surface area contributed by atoms with Gasteiger partial charge in [0, 0.05) is 26.6 Å². The van der Waals surface area contributed by atoms with Crippen LogP contribution in [0.1, 0.15) is 71.4 Å². The molecule has 2 rings (SSSR count). The Balaban J connectivity index is 0.00000122. The summed E-state index contributed by atoms with van der Waals surface area (Å²) in [6, 6.07) is 8.40. The number of ether oxygens (including phenoxy) is 1. The highest BCUT2D eigenvalue weighted by molar-refractivity contribution is 5.43. The molecule has 3 nitrogen and oxygen atoms in total. The van der Waals surface area contributed by atoms with Crippen LogP contribution in [0.3, 0.4) is 0 Å². The molecule has 0 amide bonds. The van der Waals surface area contributed by atoms with Gasteiger partial charge in [0.15, 0.2) is 0 Å². The molecule has 1 aliphatic rings. The summed E-state index contributed by atoms with van der Waals surface area (Å²) in [6.07, 6.45) is 3.30. The number of halogens is 1. The fourth-order valence-electron chi connectivity index (χ4n) is 3.57. The third-order valence-corrected chi connectivity index (χ3v) is 4.84. The molecule has 1 heterocycles. The lowest BCUT2D eigenvalue weighted by atomic mass is 9.73. The molecular weight excluding hydrogens is 351 g/mol. The molecule has 1 unspecified atom stereocenters. The van der Waals surface area contributed by atoms with Gasteiger partial charge in [-0.05, 0) is 43.4 Å². The maximum Gasteiger partial charge on any atom is 0.235 e. The van der Waals surface area contributed by atoms with Gasteiger partial charge in [-0.15, -0.1) is 0 Å². The Labute approximate surface area is 171 Å². The van der Waals surface area contributed by atoms with Crippen LogP contribution in [0.15, 0.2) is 30.4 Å². The van der Waals surface area contributed by atoms with Gasteiger partial charge < -0.3 is 4.74 Å². The lowest BCUT2D eigenvalue weighted by Gasteiger charge is -2.38. The predicted octanol–water partition coefficient (Wildman–Crippen LogP) is 6.18. The Bertz CT molecular complexity index is 655. The summed E-state index contributed by atoms with van der Waals surface area (Å²) in [4.78, 5) is 2.35. The smallest absolute Gasteiger partial charge is 0.235 e. The molecule has 0 aromatic heterocycles. The van der Waals surface area contributed by atoms with Crippen LogP contribution in [0.5, 0.6) is 5.75 Å². The Morgan fingerprint density at radius 3 is 2.39 bits per heavy atom. The highest BCUT2D eigenvalue weighted by Gasteiger charge is 2.36. The molecule has 0 bridgehead atoms. The van der Waals surface area contributed by atoms with Gasteiger partial charge in [-0.2, -0.15) is 5.26 Å². The van der Waals surface area contributed by atoms with Crippen molar-refractivity contribution in [1.29, 1.82) is 5.26 Å². The fourth-order valence-corrected chi connectivity index (χ4v) is 3.57. The molecule has 0 saturated carbocycles. The molecular formula is C24H37FN2O. The fraction of sp³-hybridized carbons (Fsp3) is 0.625. The minimum atomic E-state index is -1.34. The number of rotatable bonds is 7. The van der Waals surface area contributed by atoms with E-state index in [1.54, 1.807) is 0 Å². The van der Waals surface area contributed by atoms with Gasteiger partial charge in [0.2, 0.25) is 6.36 Å². The normalized spacial score (nSPS) is 17.0. The molecule has 156 valence electrons. The zero-order valence-electron chi connectivity index (χ0n) is 18.4. The van der Waals surface area contributed by atoms with E-state index in [0.717, 1.165) is 62.0 Å². The molecule has 1 aliphatic heterocycles. The largest absolute Gasteiger partial charge is 0.460 e. The van der Waals surface area contributed by atoms with E-state index in [0.29, 0.717) is 5.75 Å². The van der Waals surface area contributed by atoms with Crippen LogP contribution in [0.25, 0.3) is 0 Å². The minimum absolute atomic E-state index is 0.464. The van der Waals surface area contributed by atoms with Gasteiger partial charge >= 0.3 is 0 Å². The predicted molar refractivity (Wildman–Crippen MR) is 115 cm³/mol. The first-order valence-corrected chi connectivity index (χ1v) is 10.5. The number of hydrogen-bond acceptors (Lipinski definition) is 3. The second-order valence-electron chi connectivity index (χ2n) is 7.87. The third-order valence-electron chi connectivity index (χ3n) is 4.84. The van der Waals surface area contributed by atoms with E-state index in [1.807, 2.05) is 19.1 Å². The maximum atomic E-state index is 13.3. The van der Waals surface area contributed by atoms with Crippen molar-refractivity contribution < 1.29 is 9.13 Å². The van der Waals surface area contributed by atoms with Crippen LogP contribution < -0.4 is 4.74 Å². The number of nitrogens with zero attached hydrogens (tertiary/aromatic N) is 2. The molecule has 0 aliphatic carbocycles. The molecule has 4 heteroatoms. The van der Waals surface area contributed by atoms with Crippen LogP contribution in [0.4, 0.5) is 4.39 Å². The van der Waals surface area contributed by atoms with Crippen molar-refractivity contribution in [3.05, 3.63) is 41.5 Å². The first-order valence-electron chi connectivity index (χ1n) is 10.5. The van der Waals surface area contributed by atoms with E-state index in [9.17, 15) is 9.65 Å². The molecule has 1 atom stereocenters. The summed E-state index contributed by atoms with van der Waals surface area (Å²) in [5.41, 5.74) is 2.71. The van der Waals surface area contributed by atoms with Crippen LogP contribution in [-0.4, -0.2) is 30.9 Å². The van der Waals surface area contributed by atoms with Crippen molar-refractivity contribution >= 4 is 0 Å². The average molecular weight is 389 g/mol. The van der Waals surface area contributed by atoms with E-state index in [2.05, 4.69) is 44.4 Å². The lowest BCUT2D eigenvalue weighted by Crippen LogP contribution is -2.42. The number of hydrogen-bond donors (Lipinski definition) is 0. The van der Waals surface area contributed by atoms with Gasteiger partial charge in [-0.3, -0.25) is 4.90 Å². The summed E-state index contributed by atoms with van der Waals surface area (Å²) in [5.74, 6) is 0.591. The maximum absolute atomic E-state index is 13.3. The van der Waals surface area contributed by atoms with Crippen molar-refractivity contribution in [3.8, 4) is 11.8 Å². The molecule has 1 saturated heterocycles. The molecule has 0 spiro atoms. The molecule has 1 fully saturated rings. The topological polar surface area (TPSA) is 36.3 Å². The number of alkyl halides is 1. The van der Waals surface area contributed by atoms with Crippen LogP contribution in [0.2, 0.25) is 0 Å². The highest BCUT2D eigenvalue weighted by atomic mass is 19.1. The van der Waals surface area contributed by atoms with Gasteiger partial charge in [0.1, 0.15) is 5.75 Å². The first kappa shape index (κ1) is 24.2. The number of likely N-dealkylation sites (tertiary alicyclic amines) is 1. The monoisotopic (exact) mass is 388 g/mol. The summed E-state index contributed by atoms with van der Waals surface area (Å²) in [7, 11) is 0. The molecule has 28 heavy (non-hydrogen) atoms. The Morgan fingerprint density at radius 2 is 1.93 bits per heavy atom. The number of aryl methyl sites for hydroxylation is 1. The Morgan fingerprint density at radius 1 is 1.32 bits per heavy atom. The first-order chi connectivity index (χ1) is 13.3. The summed E-state index contributed by atoms with van der Waals surface area (Å²) in [6.45, 7) is 16.4. The van der Waals surface area contributed by atoms with E-state index in [1.165, 1.54) is 13.3 Å². The second kappa shape index (κ2) is 11.9. The van der Waals surface area contributed by atoms with Gasteiger partial charge in [-0.1, -0.05) is 57.9 Å². The zero-order valence-corrected chi connectivity index (χ0v) is 18.4. The van der Waals surface area contributed by atoms with Crippen molar-refractivity contribution in [2.24, 2.45) is 0 Å². The summed E-state index contributed by atoms with van der Waals surface area (Å²) < 4.78 is 18.6. The number of nitriles is 1. The summed E-state index contributed by atoms with van der Waals surface area (Å²) >= 11 is 0. The standard InChI is InChI=1S/C21H29FN2O.C3H8/c1-5-6-18-13-19(7-8-20(18)25-17(4)22)21(15-23)9-11-24(12-10-21)14-16(2)3;1-3-2/h7-8,13,17H,2,5-6,9-12,14H2,1,3-4H3;3H2,1-2H3. The van der Waals surface area contributed by atoms with Crippen molar-refractivity contribution in [3.63, 3.8) is 0 Å².